The fourth-order valence-corrected chi connectivity index (χ4v) is 1.86. The van der Waals surface area contributed by atoms with Crippen molar-refractivity contribution in [2.45, 2.75) is 0 Å². The molecule has 17 heavy (non-hydrogen) atoms. The summed E-state index contributed by atoms with van der Waals surface area (Å²) in [6.07, 6.45) is 0. The summed E-state index contributed by atoms with van der Waals surface area (Å²) in [4.78, 5) is 21.4. The van der Waals surface area contributed by atoms with Gasteiger partial charge in [-0.15, -0.1) is 0 Å². The van der Waals surface area contributed by atoms with Crippen molar-refractivity contribution in [2.24, 2.45) is 0 Å². The highest BCUT2D eigenvalue weighted by Gasteiger charge is 2.17. The van der Waals surface area contributed by atoms with Crippen LogP contribution in [0.25, 0.3) is 11.0 Å². The molecular weight excluding hydrogens is 292 g/mol. The third-order valence-electron chi connectivity index (χ3n) is 2.09. The molecule has 0 saturated carbocycles. The Labute approximate surface area is 102 Å². The highest BCUT2D eigenvalue weighted by atomic mass is 79.9. The molecular formula is C10H3BrN2O4. The topological polar surface area (TPSA) is 97.1 Å². The van der Waals surface area contributed by atoms with Crippen LogP contribution in [-0.2, 0) is 0 Å². The average molecular weight is 295 g/mol. The molecule has 0 aliphatic heterocycles. The second-order valence-corrected chi connectivity index (χ2v) is 4.08. The minimum atomic E-state index is -0.884. The van der Waals surface area contributed by atoms with Crippen LogP contribution in [0.1, 0.15) is 5.56 Å². The molecule has 2 rings (SSSR count). The second-order valence-electron chi connectivity index (χ2n) is 3.16. The number of fused-ring (bicyclic) bond motifs is 1. The number of benzene rings is 1. The summed E-state index contributed by atoms with van der Waals surface area (Å²) in [5, 5.41) is 19.8. The Bertz CT molecular complexity index is 729. The predicted octanol–water partition coefficient (Wildman–Crippen LogP) is 2.34. The van der Waals surface area contributed by atoms with Gasteiger partial charge in [-0.3, -0.25) is 10.1 Å². The van der Waals surface area contributed by atoms with E-state index in [1.54, 1.807) is 6.07 Å². The maximum atomic E-state index is 11.3. The minimum absolute atomic E-state index is 0.137. The molecule has 0 aliphatic rings. The van der Waals surface area contributed by atoms with Gasteiger partial charge in [-0.25, -0.2) is 4.79 Å². The van der Waals surface area contributed by atoms with Crippen LogP contribution < -0.4 is 5.63 Å². The lowest BCUT2D eigenvalue weighted by Crippen LogP contribution is -2.04. The summed E-state index contributed by atoms with van der Waals surface area (Å²) < 4.78 is 5.26. The molecule has 84 valence electrons. The molecule has 0 N–H and O–H groups in total. The molecule has 0 saturated heterocycles. The Morgan fingerprint density at radius 3 is 2.71 bits per heavy atom. The zero-order chi connectivity index (χ0) is 12.6. The summed E-state index contributed by atoms with van der Waals surface area (Å²) in [6.45, 7) is 0. The van der Waals surface area contributed by atoms with Crippen molar-refractivity contribution >= 4 is 32.6 Å². The zero-order valence-corrected chi connectivity index (χ0v) is 9.72. The van der Waals surface area contributed by atoms with Crippen LogP contribution in [0.4, 0.5) is 5.69 Å². The molecule has 6 nitrogen and oxygen atoms in total. The number of nitro groups is 1. The third kappa shape index (κ3) is 1.90. The van der Waals surface area contributed by atoms with Crippen molar-refractivity contribution in [1.82, 2.24) is 0 Å². The lowest BCUT2D eigenvalue weighted by Gasteiger charge is -1.99. The average Bonchev–Trinajstić information content (AvgIpc) is 2.27. The number of halogens is 1. The molecule has 0 bridgehead atoms. The Kier molecular flexibility index (Phi) is 2.65. The highest BCUT2D eigenvalue weighted by Crippen LogP contribution is 2.29. The van der Waals surface area contributed by atoms with Gasteiger partial charge in [0.15, 0.2) is 0 Å². The first kappa shape index (κ1) is 11.3. The lowest BCUT2D eigenvalue weighted by molar-refractivity contribution is -0.383. The lowest BCUT2D eigenvalue weighted by atomic mass is 10.2. The van der Waals surface area contributed by atoms with Gasteiger partial charge >= 0.3 is 11.3 Å². The predicted molar refractivity (Wildman–Crippen MR) is 61.6 cm³/mol. The molecule has 1 heterocycles. The van der Waals surface area contributed by atoms with Crippen molar-refractivity contribution in [3.63, 3.8) is 0 Å². The molecule has 2 aromatic rings. The summed E-state index contributed by atoms with van der Waals surface area (Å²) >= 11 is 3.11. The van der Waals surface area contributed by atoms with Crippen molar-refractivity contribution in [3.05, 3.63) is 48.8 Å². The van der Waals surface area contributed by atoms with Crippen LogP contribution in [-0.4, -0.2) is 4.92 Å². The Hall–Kier alpha value is -2.20. The Morgan fingerprint density at radius 2 is 2.12 bits per heavy atom. The molecule has 0 aliphatic carbocycles. The van der Waals surface area contributed by atoms with Crippen molar-refractivity contribution in [1.29, 1.82) is 5.26 Å². The maximum Gasteiger partial charge on any atom is 0.354 e. The summed E-state index contributed by atoms with van der Waals surface area (Å²) in [6, 6.07) is 5.69. The first-order valence-electron chi connectivity index (χ1n) is 4.35. The van der Waals surface area contributed by atoms with Crippen LogP contribution in [0.5, 0.6) is 0 Å². The van der Waals surface area contributed by atoms with Gasteiger partial charge in [0.05, 0.1) is 4.92 Å². The minimum Gasteiger partial charge on any atom is -0.414 e. The molecule has 0 radical (unpaired) electrons. The van der Waals surface area contributed by atoms with Crippen LogP contribution >= 0.6 is 15.9 Å². The molecule has 0 fully saturated rings. The number of hydrogen-bond acceptors (Lipinski definition) is 5. The second kappa shape index (κ2) is 3.99. The third-order valence-corrected chi connectivity index (χ3v) is 2.55. The molecule has 0 amide bonds. The molecule has 0 spiro atoms. The summed E-state index contributed by atoms with van der Waals surface area (Å²) in [5.74, 6) is 0. The van der Waals surface area contributed by atoms with Crippen molar-refractivity contribution in [2.75, 3.05) is 0 Å². The van der Waals surface area contributed by atoms with Gasteiger partial charge in [-0.05, 0) is 12.1 Å². The quantitative estimate of drug-likeness (QED) is 0.457. The van der Waals surface area contributed by atoms with E-state index in [1.807, 2.05) is 0 Å². The van der Waals surface area contributed by atoms with Crippen LogP contribution in [0.2, 0.25) is 0 Å². The number of nitro benzene ring substituents is 1. The Balaban J connectivity index is 2.96. The number of hydrogen-bond donors (Lipinski definition) is 0. The Morgan fingerprint density at radius 1 is 1.41 bits per heavy atom. The van der Waals surface area contributed by atoms with Gasteiger partial charge in [-0.1, -0.05) is 15.9 Å². The van der Waals surface area contributed by atoms with E-state index in [-0.39, 0.29) is 16.8 Å². The normalized spacial score (nSPS) is 10.1. The number of rotatable bonds is 1. The number of non-ortho nitro benzene ring substituents is 1. The maximum absolute atomic E-state index is 11.3. The van der Waals surface area contributed by atoms with Crippen LogP contribution in [0.15, 0.2) is 31.9 Å². The van der Waals surface area contributed by atoms with Gasteiger partial charge in [0, 0.05) is 15.9 Å². The van der Waals surface area contributed by atoms with Gasteiger partial charge < -0.3 is 4.42 Å². The van der Waals surface area contributed by atoms with Crippen molar-refractivity contribution < 1.29 is 9.34 Å². The molecule has 0 unspecified atom stereocenters. The monoisotopic (exact) mass is 294 g/mol. The van der Waals surface area contributed by atoms with E-state index in [1.165, 1.54) is 18.2 Å². The smallest absolute Gasteiger partial charge is 0.354 e. The van der Waals surface area contributed by atoms with Gasteiger partial charge in [0.2, 0.25) is 5.58 Å². The molecule has 7 heteroatoms. The van der Waals surface area contributed by atoms with Gasteiger partial charge in [0.25, 0.3) is 0 Å². The van der Waals surface area contributed by atoms with E-state index in [4.69, 9.17) is 9.68 Å². The molecule has 1 aromatic carbocycles. The fourth-order valence-electron chi connectivity index (χ4n) is 1.39. The summed E-state index contributed by atoms with van der Waals surface area (Å²) in [7, 11) is 0. The first-order valence-corrected chi connectivity index (χ1v) is 5.14. The van der Waals surface area contributed by atoms with Crippen LogP contribution in [0, 0.1) is 21.4 Å². The van der Waals surface area contributed by atoms with Gasteiger partial charge in [-0.2, -0.15) is 5.26 Å². The molecule has 0 atom stereocenters. The van der Waals surface area contributed by atoms with E-state index < -0.39 is 10.5 Å². The van der Waals surface area contributed by atoms with Crippen molar-refractivity contribution in [3.8, 4) is 6.07 Å². The largest absolute Gasteiger partial charge is 0.414 e. The number of nitrogens with zero attached hydrogens (tertiary/aromatic N) is 2. The summed E-state index contributed by atoms with van der Waals surface area (Å²) in [5.41, 5.74) is -1.53. The standard InChI is InChI=1S/C10H3BrN2O4/c11-7-2-5-1-6(4-12)10(14)17-9(5)8(3-7)13(15)16/h1-3H. The first-order chi connectivity index (χ1) is 8.02. The number of nitriles is 1. The van der Waals surface area contributed by atoms with E-state index >= 15 is 0 Å². The van der Waals surface area contributed by atoms with E-state index in [9.17, 15) is 14.9 Å². The van der Waals surface area contributed by atoms with E-state index in [2.05, 4.69) is 15.9 Å². The highest BCUT2D eigenvalue weighted by molar-refractivity contribution is 9.10. The molecule has 1 aromatic heterocycles. The zero-order valence-electron chi connectivity index (χ0n) is 8.14. The van der Waals surface area contributed by atoms with Crippen LogP contribution in [0.3, 0.4) is 0 Å². The fraction of sp³-hybridized carbons (Fsp3) is 0. The SMILES string of the molecule is N#Cc1cc2cc(Br)cc([N+](=O)[O-])c2oc1=O. The van der Waals surface area contributed by atoms with Gasteiger partial charge in [0.1, 0.15) is 11.6 Å². The van der Waals surface area contributed by atoms with E-state index in [0.29, 0.717) is 9.86 Å². The van der Waals surface area contributed by atoms with E-state index in [0.717, 1.165) is 0 Å².